The number of fused-ring (bicyclic) bond motifs is 1. The molecule has 0 spiro atoms. The lowest BCUT2D eigenvalue weighted by molar-refractivity contribution is -0.119. The second-order valence-electron chi connectivity index (χ2n) is 8.59. The van der Waals surface area contributed by atoms with Crippen LogP contribution in [0.2, 0.25) is 0 Å². The number of carbonyl (C=O) groups is 1. The predicted octanol–water partition coefficient (Wildman–Crippen LogP) is 2.74. The third kappa shape index (κ3) is 4.63. The van der Waals surface area contributed by atoms with E-state index in [0.717, 1.165) is 57.6 Å². The van der Waals surface area contributed by atoms with Crippen LogP contribution in [-0.4, -0.2) is 66.4 Å². The number of hydrogen-bond acceptors (Lipinski definition) is 5. The van der Waals surface area contributed by atoms with Crippen LogP contribution in [0.5, 0.6) is 0 Å². The Kier molecular flexibility index (Phi) is 6.18. The van der Waals surface area contributed by atoms with Crippen LogP contribution >= 0.6 is 0 Å². The Morgan fingerprint density at radius 3 is 2.62 bits per heavy atom. The Hall–Kier alpha value is -1.96. The zero-order chi connectivity index (χ0) is 20.4. The van der Waals surface area contributed by atoms with Crippen molar-refractivity contribution in [3.8, 4) is 0 Å². The Labute approximate surface area is 170 Å². The fourth-order valence-electron chi connectivity index (χ4n) is 4.89. The standard InChI is InChI=1S/C21H30F2N4O2/c1-14(28)24-16-4-2-15(3-5-16)8-9-26-10-12-27(13-11-26)21-19-18(29-25-21)7-6-17(22)20(19)23/h6-7,15-16,18-19H,2-5,8-13H2,1H3,(H,24,28)/t15-,16-,18?,19?. The van der Waals surface area contributed by atoms with Crippen LogP contribution in [0.4, 0.5) is 8.78 Å². The highest BCUT2D eigenvalue weighted by molar-refractivity contribution is 5.89. The van der Waals surface area contributed by atoms with Gasteiger partial charge >= 0.3 is 0 Å². The van der Waals surface area contributed by atoms with Gasteiger partial charge in [0, 0.05) is 39.1 Å². The van der Waals surface area contributed by atoms with Crippen LogP contribution in [0, 0.1) is 11.8 Å². The van der Waals surface area contributed by atoms with Gasteiger partial charge in [0.25, 0.3) is 0 Å². The van der Waals surface area contributed by atoms with Crippen molar-refractivity contribution < 1.29 is 18.4 Å². The number of amidine groups is 1. The third-order valence-electron chi connectivity index (χ3n) is 6.61. The van der Waals surface area contributed by atoms with Gasteiger partial charge in [0.05, 0.1) is 0 Å². The van der Waals surface area contributed by atoms with Gasteiger partial charge in [-0.05, 0) is 56.7 Å². The maximum atomic E-state index is 14.3. The molecule has 0 bridgehead atoms. The Bertz CT molecular complexity index is 707. The zero-order valence-electron chi connectivity index (χ0n) is 16.9. The topological polar surface area (TPSA) is 57.2 Å². The molecule has 2 aliphatic carbocycles. The van der Waals surface area contributed by atoms with Crippen LogP contribution in [-0.2, 0) is 9.63 Å². The number of hydrogen-bond donors (Lipinski definition) is 1. The molecule has 0 aromatic carbocycles. The summed E-state index contributed by atoms with van der Waals surface area (Å²) in [6.07, 6.45) is 7.80. The van der Waals surface area contributed by atoms with Gasteiger partial charge in [0.15, 0.2) is 23.6 Å². The van der Waals surface area contributed by atoms with Gasteiger partial charge in [-0.3, -0.25) is 9.69 Å². The van der Waals surface area contributed by atoms with Crippen LogP contribution < -0.4 is 5.32 Å². The van der Waals surface area contributed by atoms with Crippen molar-refractivity contribution in [1.29, 1.82) is 0 Å². The predicted molar refractivity (Wildman–Crippen MR) is 106 cm³/mol. The van der Waals surface area contributed by atoms with Gasteiger partial charge in [0.2, 0.25) is 5.91 Å². The number of rotatable bonds is 4. The molecule has 0 aromatic rings. The molecule has 160 valence electrons. The first-order chi connectivity index (χ1) is 14.0. The van der Waals surface area contributed by atoms with Crippen LogP contribution in [0.1, 0.15) is 39.0 Å². The lowest BCUT2D eigenvalue weighted by Gasteiger charge is -2.37. The average Bonchev–Trinajstić information content (AvgIpc) is 3.15. The van der Waals surface area contributed by atoms with Crippen molar-refractivity contribution in [2.75, 3.05) is 32.7 Å². The van der Waals surface area contributed by atoms with E-state index >= 15 is 0 Å². The average molecular weight is 408 g/mol. The SMILES string of the molecule is CC(=O)N[C@H]1CC[C@H](CCN2CCN(C3=NOC4C=CC(F)=C(F)C34)CC2)CC1. The summed E-state index contributed by atoms with van der Waals surface area (Å²) in [5.41, 5.74) is 0. The number of nitrogens with one attached hydrogen (secondary N) is 1. The number of oxime groups is 1. The number of allylic oxidation sites excluding steroid dienone is 2. The molecule has 8 heteroatoms. The molecule has 1 saturated carbocycles. The van der Waals surface area contributed by atoms with Crippen molar-refractivity contribution in [1.82, 2.24) is 15.1 Å². The largest absolute Gasteiger partial charge is 0.386 e. The maximum absolute atomic E-state index is 14.3. The molecule has 2 unspecified atom stereocenters. The summed E-state index contributed by atoms with van der Waals surface area (Å²) < 4.78 is 27.9. The molecule has 1 amide bonds. The van der Waals surface area contributed by atoms with E-state index in [0.29, 0.717) is 11.9 Å². The van der Waals surface area contributed by atoms with E-state index in [4.69, 9.17) is 4.84 Å². The summed E-state index contributed by atoms with van der Waals surface area (Å²) in [5.74, 6) is -1.03. The van der Waals surface area contributed by atoms with E-state index in [2.05, 4.69) is 15.4 Å². The molecule has 0 radical (unpaired) electrons. The monoisotopic (exact) mass is 408 g/mol. The third-order valence-corrected chi connectivity index (χ3v) is 6.61. The van der Waals surface area contributed by atoms with Crippen molar-refractivity contribution in [3.63, 3.8) is 0 Å². The first kappa shape index (κ1) is 20.3. The summed E-state index contributed by atoms with van der Waals surface area (Å²) in [6, 6.07) is 0.347. The lowest BCUT2D eigenvalue weighted by atomic mass is 9.84. The fraction of sp³-hybridized carbons (Fsp3) is 0.714. The van der Waals surface area contributed by atoms with E-state index in [1.54, 1.807) is 6.92 Å². The second-order valence-corrected chi connectivity index (χ2v) is 8.59. The molecular weight excluding hydrogens is 378 g/mol. The van der Waals surface area contributed by atoms with Gasteiger partial charge < -0.3 is 15.1 Å². The quantitative estimate of drug-likeness (QED) is 0.777. The molecular formula is C21H30F2N4O2. The van der Waals surface area contributed by atoms with Gasteiger partial charge in [0.1, 0.15) is 5.92 Å². The zero-order valence-corrected chi connectivity index (χ0v) is 16.9. The minimum absolute atomic E-state index is 0.0669. The summed E-state index contributed by atoms with van der Waals surface area (Å²) in [5, 5.41) is 7.09. The van der Waals surface area contributed by atoms with Crippen molar-refractivity contribution in [3.05, 3.63) is 23.8 Å². The van der Waals surface area contributed by atoms with E-state index in [9.17, 15) is 13.6 Å². The molecule has 1 saturated heterocycles. The van der Waals surface area contributed by atoms with Crippen molar-refractivity contribution in [2.45, 2.75) is 51.2 Å². The number of nitrogens with zero attached hydrogens (tertiary/aromatic N) is 3. The lowest BCUT2D eigenvalue weighted by Crippen LogP contribution is -2.51. The molecule has 4 rings (SSSR count). The maximum Gasteiger partial charge on any atom is 0.217 e. The first-order valence-corrected chi connectivity index (χ1v) is 10.7. The molecule has 2 heterocycles. The second kappa shape index (κ2) is 8.81. The molecule has 2 aliphatic heterocycles. The summed E-state index contributed by atoms with van der Waals surface area (Å²) in [6.45, 7) is 5.92. The minimum Gasteiger partial charge on any atom is -0.386 e. The normalized spacial score (nSPS) is 32.7. The summed E-state index contributed by atoms with van der Waals surface area (Å²) in [7, 11) is 0. The highest BCUT2D eigenvalue weighted by atomic mass is 19.2. The molecule has 29 heavy (non-hydrogen) atoms. The summed E-state index contributed by atoms with van der Waals surface area (Å²) >= 11 is 0. The molecule has 4 aliphatic rings. The van der Waals surface area contributed by atoms with Gasteiger partial charge in [-0.1, -0.05) is 5.16 Å². The number of amides is 1. The van der Waals surface area contributed by atoms with E-state index < -0.39 is 23.7 Å². The highest BCUT2D eigenvalue weighted by Crippen LogP contribution is 2.35. The molecule has 2 atom stereocenters. The summed E-state index contributed by atoms with van der Waals surface area (Å²) in [4.78, 5) is 21.0. The fourth-order valence-corrected chi connectivity index (χ4v) is 4.89. The molecule has 1 N–H and O–H groups in total. The number of carbonyl (C=O) groups excluding carboxylic acids is 1. The van der Waals surface area contributed by atoms with Gasteiger partial charge in [-0.25, -0.2) is 8.78 Å². The molecule has 2 fully saturated rings. The van der Waals surface area contributed by atoms with E-state index in [1.165, 1.54) is 25.3 Å². The smallest absolute Gasteiger partial charge is 0.217 e. The molecule has 6 nitrogen and oxygen atoms in total. The number of piperazine rings is 1. The minimum atomic E-state index is -0.823. The Morgan fingerprint density at radius 2 is 1.93 bits per heavy atom. The van der Waals surface area contributed by atoms with Crippen molar-refractivity contribution in [2.24, 2.45) is 17.0 Å². The molecule has 0 aromatic heterocycles. The Morgan fingerprint density at radius 1 is 1.21 bits per heavy atom. The van der Waals surface area contributed by atoms with E-state index in [1.807, 2.05) is 4.90 Å². The van der Waals surface area contributed by atoms with Gasteiger partial charge in [-0.2, -0.15) is 0 Å². The highest BCUT2D eigenvalue weighted by Gasteiger charge is 2.43. The Balaban J connectivity index is 1.20. The van der Waals surface area contributed by atoms with Crippen molar-refractivity contribution >= 4 is 11.7 Å². The van der Waals surface area contributed by atoms with Crippen LogP contribution in [0.15, 0.2) is 29.0 Å². The number of halogens is 2. The van der Waals surface area contributed by atoms with Crippen LogP contribution in [0.25, 0.3) is 0 Å². The van der Waals surface area contributed by atoms with Crippen LogP contribution in [0.3, 0.4) is 0 Å². The first-order valence-electron chi connectivity index (χ1n) is 10.7. The van der Waals surface area contributed by atoms with Gasteiger partial charge in [-0.15, -0.1) is 0 Å². The van der Waals surface area contributed by atoms with E-state index in [-0.39, 0.29) is 5.91 Å².